The first-order valence-corrected chi connectivity index (χ1v) is 10.5. The highest BCUT2D eigenvalue weighted by Gasteiger charge is 2.51. The Morgan fingerprint density at radius 1 is 1.15 bits per heavy atom. The van der Waals surface area contributed by atoms with Gasteiger partial charge >= 0.3 is 0 Å². The zero-order valence-corrected chi connectivity index (χ0v) is 16.3. The van der Waals surface area contributed by atoms with Crippen LogP contribution in [0.25, 0.3) is 0 Å². The van der Waals surface area contributed by atoms with Crippen molar-refractivity contribution in [2.75, 3.05) is 13.1 Å². The molecule has 1 aromatic carbocycles. The molecule has 4 nitrogen and oxygen atoms in total. The molecule has 1 N–H and O–H groups in total. The predicted octanol–water partition coefficient (Wildman–Crippen LogP) is 3.39. The molecule has 3 aliphatic rings. The molecule has 2 heterocycles. The standard InChI is InChI=1S/C22H31FN2O2/c1-16-4-5-17(14-20(16)23)15-24-12-2-10-22(24)11-3-13-25(21(22)27)18-6-8-19(26)9-7-18/h4-5,14,18-19,26H,2-3,6-13,15H2,1H3. The molecule has 2 saturated heterocycles. The fourth-order valence-electron chi connectivity index (χ4n) is 5.38. The lowest BCUT2D eigenvalue weighted by atomic mass is 9.82. The van der Waals surface area contributed by atoms with Crippen molar-refractivity contribution < 1.29 is 14.3 Å². The third-order valence-electron chi connectivity index (χ3n) is 6.99. The van der Waals surface area contributed by atoms with Crippen LogP contribution < -0.4 is 0 Å². The zero-order chi connectivity index (χ0) is 19.0. The van der Waals surface area contributed by atoms with Crippen LogP contribution in [0.4, 0.5) is 4.39 Å². The lowest BCUT2D eigenvalue weighted by molar-refractivity contribution is -0.152. The third kappa shape index (κ3) is 3.52. The second-order valence-electron chi connectivity index (χ2n) is 8.70. The van der Waals surface area contributed by atoms with Crippen molar-refractivity contribution in [3.8, 4) is 0 Å². The van der Waals surface area contributed by atoms with Crippen molar-refractivity contribution in [3.05, 3.63) is 35.1 Å². The number of hydrogen-bond acceptors (Lipinski definition) is 3. The summed E-state index contributed by atoms with van der Waals surface area (Å²) < 4.78 is 14.0. The first-order chi connectivity index (χ1) is 13.0. The van der Waals surface area contributed by atoms with E-state index in [9.17, 15) is 14.3 Å². The number of carbonyl (C=O) groups excluding carboxylic acids is 1. The van der Waals surface area contributed by atoms with Gasteiger partial charge in [0.15, 0.2) is 0 Å². The van der Waals surface area contributed by atoms with Crippen molar-refractivity contribution in [3.63, 3.8) is 0 Å². The van der Waals surface area contributed by atoms with E-state index in [1.54, 1.807) is 13.0 Å². The van der Waals surface area contributed by atoms with Gasteiger partial charge in [-0.2, -0.15) is 0 Å². The lowest BCUT2D eigenvalue weighted by Gasteiger charge is -2.48. The van der Waals surface area contributed by atoms with Crippen molar-refractivity contribution in [2.24, 2.45) is 0 Å². The molecule has 0 radical (unpaired) electrons. The van der Waals surface area contributed by atoms with Gasteiger partial charge in [-0.15, -0.1) is 0 Å². The van der Waals surface area contributed by atoms with Crippen molar-refractivity contribution in [1.82, 2.24) is 9.80 Å². The first kappa shape index (κ1) is 18.9. The van der Waals surface area contributed by atoms with E-state index in [-0.39, 0.29) is 23.9 Å². The molecule has 1 unspecified atom stereocenters. The molecule has 1 aromatic rings. The van der Waals surface area contributed by atoms with E-state index in [1.165, 1.54) is 0 Å². The van der Waals surface area contributed by atoms with E-state index in [1.807, 2.05) is 12.1 Å². The summed E-state index contributed by atoms with van der Waals surface area (Å²) in [6, 6.07) is 5.71. The van der Waals surface area contributed by atoms with Gasteiger partial charge in [0.05, 0.1) is 6.10 Å². The highest BCUT2D eigenvalue weighted by molar-refractivity contribution is 5.87. The minimum Gasteiger partial charge on any atom is -0.393 e. The summed E-state index contributed by atoms with van der Waals surface area (Å²) in [7, 11) is 0. The van der Waals surface area contributed by atoms with E-state index in [0.29, 0.717) is 12.1 Å². The molecule has 2 aliphatic heterocycles. The maximum atomic E-state index is 14.0. The topological polar surface area (TPSA) is 43.8 Å². The number of aliphatic hydroxyl groups is 1. The van der Waals surface area contributed by atoms with Crippen LogP contribution in [0.15, 0.2) is 18.2 Å². The molecular formula is C22H31FN2O2. The maximum Gasteiger partial charge on any atom is 0.243 e. The van der Waals surface area contributed by atoms with Crippen LogP contribution in [-0.4, -0.2) is 51.6 Å². The van der Waals surface area contributed by atoms with E-state index in [2.05, 4.69) is 9.80 Å². The molecule has 1 spiro atoms. The fourth-order valence-corrected chi connectivity index (χ4v) is 5.38. The van der Waals surface area contributed by atoms with Crippen LogP contribution in [0.5, 0.6) is 0 Å². The molecule has 148 valence electrons. The third-order valence-corrected chi connectivity index (χ3v) is 6.99. The number of likely N-dealkylation sites (tertiary alicyclic amines) is 2. The molecule has 1 aliphatic carbocycles. The van der Waals surface area contributed by atoms with Gasteiger partial charge in [0.25, 0.3) is 0 Å². The van der Waals surface area contributed by atoms with E-state index in [4.69, 9.17) is 0 Å². The van der Waals surface area contributed by atoms with Gasteiger partial charge < -0.3 is 10.0 Å². The normalized spacial score (nSPS) is 32.4. The molecule has 5 heteroatoms. The number of halogens is 1. The van der Waals surface area contributed by atoms with Crippen molar-refractivity contribution >= 4 is 5.91 Å². The van der Waals surface area contributed by atoms with Gasteiger partial charge in [0, 0.05) is 19.1 Å². The summed E-state index contributed by atoms with van der Waals surface area (Å²) in [4.78, 5) is 18.0. The SMILES string of the molecule is Cc1ccc(CN2CCCC23CCCN(C2CCC(O)CC2)C3=O)cc1F. The molecule has 1 saturated carbocycles. The number of amides is 1. The smallest absolute Gasteiger partial charge is 0.243 e. The van der Waals surface area contributed by atoms with Crippen LogP contribution in [0.3, 0.4) is 0 Å². The summed E-state index contributed by atoms with van der Waals surface area (Å²) in [5.74, 6) is 0.110. The van der Waals surface area contributed by atoms with Crippen LogP contribution in [-0.2, 0) is 11.3 Å². The maximum absolute atomic E-state index is 14.0. The summed E-state index contributed by atoms with van der Waals surface area (Å²) in [6.45, 7) is 4.16. The Bertz CT molecular complexity index is 702. The molecule has 1 atom stereocenters. The Balaban J connectivity index is 1.52. The fraction of sp³-hybridized carbons (Fsp3) is 0.682. The highest BCUT2D eigenvalue weighted by atomic mass is 19.1. The van der Waals surface area contributed by atoms with Gasteiger partial charge in [-0.25, -0.2) is 4.39 Å². The molecule has 1 amide bonds. The molecule has 3 fully saturated rings. The van der Waals surface area contributed by atoms with Crippen molar-refractivity contribution in [1.29, 1.82) is 0 Å². The zero-order valence-electron chi connectivity index (χ0n) is 16.3. The quantitative estimate of drug-likeness (QED) is 0.882. The monoisotopic (exact) mass is 374 g/mol. The van der Waals surface area contributed by atoms with E-state index < -0.39 is 5.54 Å². The largest absolute Gasteiger partial charge is 0.393 e. The molecular weight excluding hydrogens is 343 g/mol. The van der Waals surface area contributed by atoms with E-state index in [0.717, 1.165) is 70.0 Å². The van der Waals surface area contributed by atoms with Crippen molar-refractivity contribution in [2.45, 2.75) is 82.5 Å². The Labute approximate surface area is 161 Å². The van der Waals surface area contributed by atoms with Gasteiger partial charge in [-0.1, -0.05) is 12.1 Å². The average Bonchev–Trinajstić information content (AvgIpc) is 3.05. The number of piperidine rings is 1. The van der Waals surface area contributed by atoms with E-state index >= 15 is 0 Å². The number of benzene rings is 1. The average molecular weight is 375 g/mol. The summed E-state index contributed by atoms with van der Waals surface area (Å²) in [5, 5.41) is 9.80. The van der Waals surface area contributed by atoms with Crippen LogP contribution in [0, 0.1) is 12.7 Å². The number of aliphatic hydroxyl groups excluding tert-OH is 1. The molecule has 27 heavy (non-hydrogen) atoms. The van der Waals surface area contributed by atoms with Gasteiger partial charge in [-0.3, -0.25) is 9.69 Å². The number of carbonyl (C=O) groups is 1. The summed E-state index contributed by atoms with van der Waals surface area (Å²) in [6.07, 6.45) is 7.09. The Kier molecular flexibility index (Phi) is 5.26. The second-order valence-corrected chi connectivity index (χ2v) is 8.70. The summed E-state index contributed by atoms with van der Waals surface area (Å²) >= 11 is 0. The minimum absolute atomic E-state index is 0.168. The van der Waals surface area contributed by atoms with Gasteiger partial charge in [-0.05, 0) is 82.0 Å². The predicted molar refractivity (Wildman–Crippen MR) is 103 cm³/mol. The highest BCUT2D eigenvalue weighted by Crippen LogP contribution is 2.41. The Morgan fingerprint density at radius 3 is 2.56 bits per heavy atom. The van der Waals surface area contributed by atoms with Gasteiger partial charge in [0.2, 0.25) is 5.91 Å². The number of rotatable bonds is 3. The van der Waals surface area contributed by atoms with Crippen LogP contribution >= 0.6 is 0 Å². The molecule has 0 aromatic heterocycles. The number of aryl methyl sites for hydroxylation is 1. The molecule has 0 bridgehead atoms. The summed E-state index contributed by atoms with van der Waals surface area (Å²) in [5.41, 5.74) is 1.20. The number of hydrogen-bond donors (Lipinski definition) is 1. The number of nitrogens with zero attached hydrogens (tertiary/aromatic N) is 2. The minimum atomic E-state index is -0.407. The Hall–Kier alpha value is -1.46. The van der Waals surface area contributed by atoms with Gasteiger partial charge in [0.1, 0.15) is 11.4 Å². The second kappa shape index (κ2) is 7.51. The van der Waals surface area contributed by atoms with Crippen LogP contribution in [0.1, 0.15) is 62.5 Å². The lowest BCUT2D eigenvalue weighted by Crippen LogP contribution is -2.62. The molecule has 4 rings (SSSR count). The first-order valence-electron chi connectivity index (χ1n) is 10.5. The van der Waals surface area contributed by atoms with Crippen LogP contribution in [0.2, 0.25) is 0 Å². The Morgan fingerprint density at radius 2 is 1.85 bits per heavy atom.